The SMILES string of the molecule is CCN(CC)C(=O)CCNC1CCCc2occc21. The fourth-order valence-corrected chi connectivity index (χ4v) is 2.79. The average Bonchev–Trinajstić information content (AvgIpc) is 2.89. The number of nitrogens with one attached hydrogen (secondary N) is 1. The molecule has 1 heterocycles. The van der Waals surface area contributed by atoms with Crippen LogP contribution in [-0.2, 0) is 11.2 Å². The largest absolute Gasteiger partial charge is 0.469 e. The molecule has 4 heteroatoms. The molecular weight excluding hydrogens is 240 g/mol. The summed E-state index contributed by atoms with van der Waals surface area (Å²) in [6, 6.07) is 2.41. The molecule has 1 atom stereocenters. The van der Waals surface area contributed by atoms with Crippen molar-refractivity contribution in [2.24, 2.45) is 0 Å². The van der Waals surface area contributed by atoms with Crippen molar-refractivity contribution in [3.05, 3.63) is 23.7 Å². The van der Waals surface area contributed by atoms with Crippen molar-refractivity contribution < 1.29 is 9.21 Å². The summed E-state index contributed by atoms with van der Waals surface area (Å²) < 4.78 is 5.47. The lowest BCUT2D eigenvalue weighted by Gasteiger charge is -2.24. The van der Waals surface area contributed by atoms with Crippen molar-refractivity contribution in [1.29, 1.82) is 0 Å². The normalized spacial score (nSPS) is 18.1. The van der Waals surface area contributed by atoms with Crippen LogP contribution in [0.2, 0.25) is 0 Å². The van der Waals surface area contributed by atoms with Crippen LogP contribution in [0, 0.1) is 0 Å². The van der Waals surface area contributed by atoms with E-state index in [1.807, 2.05) is 18.7 Å². The molecule has 0 fully saturated rings. The second kappa shape index (κ2) is 6.75. The summed E-state index contributed by atoms with van der Waals surface area (Å²) in [5.41, 5.74) is 1.28. The van der Waals surface area contributed by atoms with Crippen LogP contribution >= 0.6 is 0 Å². The Morgan fingerprint density at radius 2 is 2.26 bits per heavy atom. The summed E-state index contributed by atoms with van der Waals surface area (Å²) in [6.45, 7) is 6.38. The molecule has 0 aliphatic heterocycles. The predicted octanol–water partition coefficient (Wildman–Crippen LogP) is 2.51. The van der Waals surface area contributed by atoms with Crippen LogP contribution in [0.3, 0.4) is 0 Å². The Labute approximate surface area is 115 Å². The highest BCUT2D eigenvalue weighted by Gasteiger charge is 2.22. The molecule has 1 aromatic rings. The van der Waals surface area contributed by atoms with Crippen molar-refractivity contribution >= 4 is 5.91 Å². The van der Waals surface area contributed by atoms with Gasteiger partial charge < -0.3 is 14.6 Å². The first-order chi connectivity index (χ1) is 9.26. The van der Waals surface area contributed by atoms with E-state index in [1.54, 1.807) is 6.26 Å². The first-order valence-electron chi connectivity index (χ1n) is 7.33. The Balaban J connectivity index is 1.80. The zero-order chi connectivity index (χ0) is 13.7. The topological polar surface area (TPSA) is 45.5 Å². The van der Waals surface area contributed by atoms with Gasteiger partial charge in [-0.2, -0.15) is 0 Å². The second-order valence-electron chi connectivity index (χ2n) is 5.01. The Kier molecular flexibility index (Phi) is 5.02. The monoisotopic (exact) mass is 264 g/mol. The summed E-state index contributed by atoms with van der Waals surface area (Å²) in [5, 5.41) is 3.49. The summed E-state index contributed by atoms with van der Waals surface area (Å²) in [7, 11) is 0. The van der Waals surface area contributed by atoms with Crippen molar-refractivity contribution in [3.8, 4) is 0 Å². The maximum Gasteiger partial charge on any atom is 0.223 e. The third-order valence-electron chi connectivity index (χ3n) is 3.90. The quantitative estimate of drug-likeness (QED) is 0.858. The van der Waals surface area contributed by atoms with Gasteiger partial charge in [-0.1, -0.05) is 0 Å². The zero-order valence-corrected chi connectivity index (χ0v) is 11.9. The Bertz CT molecular complexity index is 410. The molecule has 19 heavy (non-hydrogen) atoms. The average molecular weight is 264 g/mol. The van der Waals surface area contributed by atoms with E-state index in [1.165, 1.54) is 5.56 Å². The van der Waals surface area contributed by atoms with Gasteiger partial charge >= 0.3 is 0 Å². The fourth-order valence-electron chi connectivity index (χ4n) is 2.79. The first-order valence-corrected chi connectivity index (χ1v) is 7.33. The van der Waals surface area contributed by atoms with Crippen molar-refractivity contribution in [3.63, 3.8) is 0 Å². The highest BCUT2D eigenvalue weighted by molar-refractivity contribution is 5.76. The van der Waals surface area contributed by atoms with E-state index < -0.39 is 0 Å². The molecule has 1 aliphatic rings. The lowest BCUT2D eigenvalue weighted by Crippen LogP contribution is -2.34. The molecule has 106 valence electrons. The van der Waals surface area contributed by atoms with Crippen molar-refractivity contribution in [2.45, 2.75) is 45.6 Å². The summed E-state index contributed by atoms with van der Waals surface area (Å²) in [6.07, 6.45) is 5.67. The summed E-state index contributed by atoms with van der Waals surface area (Å²) >= 11 is 0. The number of carbonyl (C=O) groups is 1. The fraction of sp³-hybridized carbons (Fsp3) is 0.667. The Morgan fingerprint density at radius 1 is 1.47 bits per heavy atom. The number of amides is 1. The molecule has 4 nitrogen and oxygen atoms in total. The van der Waals surface area contributed by atoms with E-state index in [-0.39, 0.29) is 5.91 Å². The maximum atomic E-state index is 11.9. The lowest BCUT2D eigenvalue weighted by molar-refractivity contribution is -0.130. The van der Waals surface area contributed by atoms with Crippen LogP contribution in [0.25, 0.3) is 0 Å². The minimum Gasteiger partial charge on any atom is -0.469 e. The van der Waals surface area contributed by atoms with Crippen molar-refractivity contribution in [1.82, 2.24) is 10.2 Å². The molecule has 2 rings (SSSR count). The van der Waals surface area contributed by atoms with E-state index in [0.29, 0.717) is 12.5 Å². The molecule has 0 saturated carbocycles. The highest BCUT2D eigenvalue weighted by atomic mass is 16.3. The minimum absolute atomic E-state index is 0.237. The minimum atomic E-state index is 0.237. The van der Waals surface area contributed by atoms with Crippen LogP contribution < -0.4 is 5.32 Å². The van der Waals surface area contributed by atoms with Gasteiger partial charge in [-0.25, -0.2) is 0 Å². The molecule has 1 aromatic heterocycles. The number of carbonyl (C=O) groups excluding carboxylic acids is 1. The number of furan rings is 1. The molecule has 0 spiro atoms. The number of rotatable bonds is 6. The van der Waals surface area contributed by atoms with Crippen LogP contribution in [0.4, 0.5) is 0 Å². The second-order valence-corrected chi connectivity index (χ2v) is 5.01. The van der Waals surface area contributed by atoms with Gasteiger partial charge in [0.15, 0.2) is 0 Å². The molecule has 1 aliphatic carbocycles. The third kappa shape index (κ3) is 3.38. The van der Waals surface area contributed by atoms with Gasteiger partial charge in [0.25, 0.3) is 0 Å². The molecular formula is C15H24N2O2. The molecule has 0 bridgehead atoms. The molecule has 1 amide bonds. The highest BCUT2D eigenvalue weighted by Crippen LogP contribution is 2.30. The zero-order valence-electron chi connectivity index (χ0n) is 11.9. The van der Waals surface area contributed by atoms with Gasteiger partial charge in [0.1, 0.15) is 5.76 Å². The van der Waals surface area contributed by atoms with E-state index >= 15 is 0 Å². The van der Waals surface area contributed by atoms with Gasteiger partial charge in [0.2, 0.25) is 5.91 Å². The van der Waals surface area contributed by atoms with Gasteiger partial charge in [-0.05, 0) is 32.8 Å². The molecule has 1 unspecified atom stereocenters. The van der Waals surface area contributed by atoms with Crippen LogP contribution in [0.15, 0.2) is 16.7 Å². The summed E-state index contributed by atoms with van der Waals surface area (Å²) in [4.78, 5) is 13.8. The third-order valence-corrected chi connectivity index (χ3v) is 3.90. The van der Waals surface area contributed by atoms with E-state index in [0.717, 1.165) is 44.7 Å². The maximum absolute atomic E-state index is 11.9. The molecule has 0 aromatic carbocycles. The van der Waals surface area contributed by atoms with E-state index in [2.05, 4.69) is 11.4 Å². The number of hydrogen-bond acceptors (Lipinski definition) is 3. The van der Waals surface area contributed by atoms with Crippen molar-refractivity contribution in [2.75, 3.05) is 19.6 Å². The van der Waals surface area contributed by atoms with Crippen LogP contribution in [0.1, 0.15) is 50.5 Å². The Hall–Kier alpha value is -1.29. The van der Waals surface area contributed by atoms with Crippen LogP contribution in [0.5, 0.6) is 0 Å². The molecule has 0 radical (unpaired) electrons. The Morgan fingerprint density at radius 3 is 3.00 bits per heavy atom. The number of fused-ring (bicyclic) bond motifs is 1. The van der Waals surface area contributed by atoms with Crippen LogP contribution in [-0.4, -0.2) is 30.4 Å². The number of aryl methyl sites for hydroxylation is 1. The number of nitrogens with zero attached hydrogens (tertiary/aromatic N) is 1. The van der Waals surface area contributed by atoms with Gasteiger partial charge in [0.05, 0.1) is 6.26 Å². The molecule has 0 saturated heterocycles. The first kappa shape index (κ1) is 14.1. The van der Waals surface area contributed by atoms with Gasteiger partial charge in [-0.3, -0.25) is 4.79 Å². The van der Waals surface area contributed by atoms with E-state index in [9.17, 15) is 4.79 Å². The van der Waals surface area contributed by atoms with Gasteiger partial charge in [0, 0.05) is 44.1 Å². The summed E-state index contributed by atoms with van der Waals surface area (Å²) in [5.74, 6) is 1.35. The standard InChI is InChI=1S/C15H24N2O2/c1-3-17(4-2)15(18)8-10-16-13-6-5-7-14-12(13)9-11-19-14/h9,11,13,16H,3-8,10H2,1-2H3. The van der Waals surface area contributed by atoms with Gasteiger partial charge in [-0.15, -0.1) is 0 Å². The molecule has 1 N–H and O–H groups in total. The number of hydrogen-bond donors (Lipinski definition) is 1. The van der Waals surface area contributed by atoms with E-state index in [4.69, 9.17) is 4.42 Å². The predicted molar refractivity (Wildman–Crippen MR) is 74.9 cm³/mol. The smallest absolute Gasteiger partial charge is 0.223 e. The lowest BCUT2D eigenvalue weighted by atomic mass is 9.93.